The van der Waals surface area contributed by atoms with Crippen molar-refractivity contribution in [1.82, 2.24) is 0 Å². The predicted molar refractivity (Wildman–Crippen MR) is 107 cm³/mol. The number of ether oxygens (including phenoxy) is 1. The first kappa shape index (κ1) is 22.4. The fourth-order valence-corrected chi connectivity index (χ4v) is 5.32. The zero-order valence-corrected chi connectivity index (χ0v) is 17.5. The maximum absolute atomic E-state index is 13.7. The SMILES string of the molecule is CCCCCC1CCC(C2CCC(COc3cc(F)c(F)c(F)c3F)CC2)CC1. The monoisotopic (exact) mass is 414 g/mol. The summed E-state index contributed by atoms with van der Waals surface area (Å²) in [7, 11) is 0. The Morgan fingerprint density at radius 3 is 1.93 bits per heavy atom. The Morgan fingerprint density at radius 2 is 1.34 bits per heavy atom. The highest BCUT2D eigenvalue weighted by atomic mass is 19.2. The van der Waals surface area contributed by atoms with Crippen LogP contribution in [0.2, 0.25) is 0 Å². The van der Waals surface area contributed by atoms with Crippen molar-refractivity contribution in [3.63, 3.8) is 0 Å². The average molecular weight is 415 g/mol. The van der Waals surface area contributed by atoms with Crippen molar-refractivity contribution in [3.8, 4) is 5.75 Å². The minimum Gasteiger partial charge on any atom is -0.490 e. The molecule has 2 aliphatic rings. The summed E-state index contributed by atoms with van der Waals surface area (Å²) in [5, 5.41) is 0. The number of benzene rings is 1. The van der Waals surface area contributed by atoms with Crippen molar-refractivity contribution in [3.05, 3.63) is 29.3 Å². The Morgan fingerprint density at radius 1 is 0.759 bits per heavy atom. The van der Waals surface area contributed by atoms with E-state index in [0.717, 1.165) is 43.4 Å². The topological polar surface area (TPSA) is 9.23 Å². The maximum Gasteiger partial charge on any atom is 0.203 e. The van der Waals surface area contributed by atoms with E-state index in [9.17, 15) is 17.6 Å². The fraction of sp³-hybridized carbons (Fsp3) is 0.750. The third-order valence-corrected chi connectivity index (χ3v) is 7.21. The third kappa shape index (κ3) is 5.88. The molecule has 0 aliphatic heterocycles. The zero-order chi connectivity index (χ0) is 20.8. The highest BCUT2D eigenvalue weighted by Crippen LogP contribution is 2.42. The molecule has 164 valence electrons. The summed E-state index contributed by atoms with van der Waals surface area (Å²) in [4.78, 5) is 0. The van der Waals surface area contributed by atoms with Gasteiger partial charge in [-0.05, 0) is 62.2 Å². The number of hydrogen-bond acceptors (Lipinski definition) is 1. The van der Waals surface area contributed by atoms with E-state index in [4.69, 9.17) is 4.74 Å². The molecule has 2 aliphatic carbocycles. The van der Waals surface area contributed by atoms with Gasteiger partial charge < -0.3 is 4.74 Å². The van der Waals surface area contributed by atoms with Gasteiger partial charge in [0.15, 0.2) is 17.4 Å². The quantitative estimate of drug-likeness (QED) is 0.182. The van der Waals surface area contributed by atoms with Crippen molar-refractivity contribution in [2.24, 2.45) is 23.7 Å². The second-order valence-corrected chi connectivity index (χ2v) is 9.17. The number of unbranched alkanes of at least 4 members (excludes halogenated alkanes) is 2. The Bertz CT molecular complexity index is 647. The number of halogens is 4. The van der Waals surface area contributed by atoms with E-state index in [0.29, 0.717) is 6.07 Å². The molecule has 0 aromatic heterocycles. The summed E-state index contributed by atoms with van der Waals surface area (Å²) in [5.41, 5.74) is 0. The van der Waals surface area contributed by atoms with Gasteiger partial charge in [0.05, 0.1) is 6.61 Å². The van der Waals surface area contributed by atoms with Gasteiger partial charge in [-0.3, -0.25) is 0 Å². The molecule has 0 spiro atoms. The van der Waals surface area contributed by atoms with Crippen LogP contribution in [-0.2, 0) is 0 Å². The smallest absolute Gasteiger partial charge is 0.203 e. The largest absolute Gasteiger partial charge is 0.490 e. The fourth-order valence-electron chi connectivity index (χ4n) is 5.32. The summed E-state index contributed by atoms with van der Waals surface area (Å²) in [6.07, 6.45) is 15.1. The molecule has 0 amide bonds. The van der Waals surface area contributed by atoms with E-state index >= 15 is 0 Å². The Kier molecular flexibility index (Phi) is 8.25. The maximum atomic E-state index is 13.7. The molecule has 0 radical (unpaired) electrons. The number of rotatable bonds is 8. The van der Waals surface area contributed by atoms with E-state index in [1.807, 2.05) is 0 Å². The van der Waals surface area contributed by atoms with Crippen LogP contribution in [0.3, 0.4) is 0 Å². The first-order chi connectivity index (χ1) is 14.0. The molecule has 2 saturated carbocycles. The van der Waals surface area contributed by atoms with E-state index < -0.39 is 29.0 Å². The molecule has 1 aromatic carbocycles. The lowest BCUT2D eigenvalue weighted by Gasteiger charge is -2.38. The van der Waals surface area contributed by atoms with E-state index in [2.05, 4.69) is 6.92 Å². The first-order valence-electron chi connectivity index (χ1n) is 11.4. The molecule has 1 nitrogen and oxygen atoms in total. The van der Waals surface area contributed by atoms with Crippen LogP contribution in [0.25, 0.3) is 0 Å². The summed E-state index contributed by atoms with van der Waals surface area (Å²) in [5.74, 6) is -4.24. The molecular formula is C24H34F4O. The summed E-state index contributed by atoms with van der Waals surface area (Å²) in [6, 6.07) is 0.596. The van der Waals surface area contributed by atoms with Crippen LogP contribution in [0, 0.1) is 46.9 Å². The van der Waals surface area contributed by atoms with Gasteiger partial charge in [0.2, 0.25) is 11.6 Å². The van der Waals surface area contributed by atoms with Crippen LogP contribution in [0.15, 0.2) is 6.07 Å². The molecular weight excluding hydrogens is 380 g/mol. The van der Waals surface area contributed by atoms with E-state index in [1.165, 1.54) is 51.4 Å². The van der Waals surface area contributed by atoms with Crippen molar-refractivity contribution in [1.29, 1.82) is 0 Å². The molecule has 0 unspecified atom stereocenters. The molecule has 0 bridgehead atoms. The lowest BCUT2D eigenvalue weighted by Crippen LogP contribution is -2.27. The van der Waals surface area contributed by atoms with E-state index in [-0.39, 0.29) is 12.5 Å². The Labute approximate surface area is 172 Å². The van der Waals surface area contributed by atoms with Crippen molar-refractivity contribution in [2.45, 2.75) is 84.0 Å². The molecule has 29 heavy (non-hydrogen) atoms. The van der Waals surface area contributed by atoms with Crippen LogP contribution in [0.5, 0.6) is 5.75 Å². The Balaban J connectivity index is 1.39. The van der Waals surface area contributed by atoms with Crippen molar-refractivity contribution in [2.75, 3.05) is 6.61 Å². The van der Waals surface area contributed by atoms with Crippen LogP contribution in [0.4, 0.5) is 17.6 Å². The van der Waals surface area contributed by atoms with Gasteiger partial charge in [-0.2, -0.15) is 4.39 Å². The highest BCUT2D eigenvalue weighted by Gasteiger charge is 2.31. The van der Waals surface area contributed by atoms with E-state index in [1.54, 1.807) is 0 Å². The molecule has 5 heteroatoms. The van der Waals surface area contributed by atoms with Gasteiger partial charge in [0.1, 0.15) is 0 Å². The van der Waals surface area contributed by atoms with Gasteiger partial charge in [-0.1, -0.05) is 45.4 Å². The van der Waals surface area contributed by atoms with Crippen LogP contribution in [0.1, 0.15) is 84.0 Å². The molecule has 2 fully saturated rings. The molecule has 0 saturated heterocycles. The minimum atomic E-state index is -1.81. The highest BCUT2D eigenvalue weighted by molar-refractivity contribution is 5.27. The zero-order valence-electron chi connectivity index (χ0n) is 17.5. The summed E-state index contributed by atoms with van der Waals surface area (Å²) >= 11 is 0. The molecule has 0 atom stereocenters. The van der Waals surface area contributed by atoms with Crippen LogP contribution < -0.4 is 4.74 Å². The van der Waals surface area contributed by atoms with Gasteiger partial charge >= 0.3 is 0 Å². The van der Waals surface area contributed by atoms with Gasteiger partial charge in [0.25, 0.3) is 0 Å². The lowest BCUT2D eigenvalue weighted by atomic mass is 9.69. The average Bonchev–Trinajstić information content (AvgIpc) is 2.75. The second kappa shape index (κ2) is 10.7. The minimum absolute atomic E-state index is 0.221. The lowest BCUT2D eigenvalue weighted by molar-refractivity contribution is 0.119. The second-order valence-electron chi connectivity index (χ2n) is 9.17. The molecule has 1 aromatic rings. The third-order valence-electron chi connectivity index (χ3n) is 7.21. The summed E-state index contributed by atoms with van der Waals surface area (Å²) < 4.78 is 58.7. The standard InChI is InChI=1S/C24H34F4O/c1-2-3-4-5-16-6-10-18(11-7-16)19-12-8-17(9-13-19)15-29-21-14-20(25)22(26)24(28)23(21)27/h14,16-19H,2-13,15H2,1H3. The van der Waals surface area contributed by atoms with Gasteiger partial charge in [0, 0.05) is 6.07 Å². The van der Waals surface area contributed by atoms with Gasteiger partial charge in [-0.25, -0.2) is 13.2 Å². The van der Waals surface area contributed by atoms with Crippen molar-refractivity contribution >= 4 is 0 Å². The predicted octanol–water partition coefficient (Wildman–Crippen LogP) is 7.81. The van der Waals surface area contributed by atoms with Crippen molar-refractivity contribution < 1.29 is 22.3 Å². The van der Waals surface area contributed by atoms with Gasteiger partial charge in [-0.15, -0.1) is 0 Å². The molecule has 0 heterocycles. The normalized spacial score (nSPS) is 27.8. The van der Waals surface area contributed by atoms with Crippen LogP contribution in [-0.4, -0.2) is 6.61 Å². The Hall–Kier alpha value is -1.26. The molecule has 3 rings (SSSR count). The number of hydrogen-bond donors (Lipinski definition) is 0. The summed E-state index contributed by atoms with van der Waals surface area (Å²) in [6.45, 7) is 2.48. The first-order valence-corrected chi connectivity index (χ1v) is 11.4. The van der Waals surface area contributed by atoms with Crippen LogP contribution >= 0.6 is 0 Å². The molecule has 0 N–H and O–H groups in total.